The van der Waals surface area contributed by atoms with E-state index in [9.17, 15) is 17.6 Å². The number of hydrogen-bond donors (Lipinski definition) is 0. The summed E-state index contributed by atoms with van der Waals surface area (Å²) in [5.74, 6) is -0.645. The lowest BCUT2D eigenvalue weighted by atomic mass is 10.1. The summed E-state index contributed by atoms with van der Waals surface area (Å²) >= 11 is 0. The average Bonchev–Trinajstić information content (AvgIpc) is 3.20. The van der Waals surface area contributed by atoms with Crippen LogP contribution < -0.4 is 9.47 Å². The van der Waals surface area contributed by atoms with E-state index in [4.69, 9.17) is 9.47 Å². The largest absolute Gasteiger partial charge is 0.496 e. The van der Waals surface area contributed by atoms with Gasteiger partial charge < -0.3 is 9.47 Å². The molecule has 0 N–H and O–H groups in total. The van der Waals surface area contributed by atoms with Crippen LogP contribution in [0.1, 0.15) is 16.1 Å². The maximum absolute atomic E-state index is 13.8. The third-order valence-electron chi connectivity index (χ3n) is 4.88. The van der Waals surface area contributed by atoms with Crippen molar-refractivity contribution in [3.8, 4) is 11.5 Å². The number of hydrogen-bond acceptors (Lipinski definition) is 5. The first-order chi connectivity index (χ1) is 14.9. The van der Waals surface area contributed by atoms with Gasteiger partial charge in [-0.25, -0.2) is 16.8 Å². The first-order valence-electron chi connectivity index (χ1n) is 9.26. The van der Waals surface area contributed by atoms with Crippen LogP contribution in [0.2, 0.25) is 0 Å². The summed E-state index contributed by atoms with van der Waals surface area (Å²) < 4.78 is 52.8. The molecule has 6 nitrogen and oxygen atoms in total. The van der Waals surface area contributed by atoms with Crippen molar-refractivity contribution in [3.63, 3.8) is 0 Å². The zero-order valence-electron chi connectivity index (χ0n) is 16.7. The number of carbonyl (C=O) groups is 1. The lowest BCUT2D eigenvalue weighted by Crippen LogP contribution is -2.19. The van der Waals surface area contributed by atoms with Crippen LogP contribution in [-0.2, 0) is 10.0 Å². The Morgan fingerprint density at radius 2 is 1.55 bits per heavy atom. The lowest BCUT2D eigenvalue weighted by molar-refractivity contribution is 0.103. The summed E-state index contributed by atoms with van der Waals surface area (Å²) in [5.41, 5.74) is 0.0166. The van der Waals surface area contributed by atoms with Crippen LogP contribution in [0.25, 0.3) is 10.9 Å². The molecule has 0 radical (unpaired) electrons. The number of ketones is 1. The van der Waals surface area contributed by atoms with E-state index in [0.717, 1.165) is 10.0 Å². The van der Waals surface area contributed by atoms with E-state index in [1.807, 2.05) is 0 Å². The molecule has 0 aliphatic heterocycles. The van der Waals surface area contributed by atoms with Gasteiger partial charge in [0, 0.05) is 10.9 Å². The van der Waals surface area contributed by atoms with E-state index in [0.29, 0.717) is 11.1 Å². The maximum atomic E-state index is 13.8. The van der Waals surface area contributed by atoms with Crippen LogP contribution in [0, 0.1) is 5.82 Å². The number of aromatic nitrogens is 1. The van der Waals surface area contributed by atoms with Gasteiger partial charge in [-0.3, -0.25) is 4.79 Å². The van der Waals surface area contributed by atoms with Crippen molar-refractivity contribution >= 4 is 26.7 Å². The molecule has 158 valence electrons. The summed E-state index contributed by atoms with van der Waals surface area (Å²) in [5, 5.41) is 0.376. The monoisotopic (exact) mass is 439 g/mol. The number of benzene rings is 3. The first kappa shape index (κ1) is 20.6. The second-order valence-corrected chi connectivity index (χ2v) is 8.47. The SMILES string of the molecule is COc1ccc(OC)c2c1cc(C(=O)c1cccc(F)c1)n2S(=O)(=O)c1ccccc1. The zero-order valence-corrected chi connectivity index (χ0v) is 17.5. The van der Waals surface area contributed by atoms with E-state index in [1.165, 1.54) is 50.6 Å². The Bertz CT molecular complexity index is 1390. The fourth-order valence-corrected chi connectivity index (χ4v) is 5.00. The van der Waals surface area contributed by atoms with Gasteiger partial charge in [0.25, 0.3) is 10.0 Å². The molecule has 0 atom stereocenters. The maximum Gasteiger partial charge on any atom is 0.268 e. The van der Waals surface area contributed by atoms with Crippen molar-refractivity contribution in [2.45, 2.75) is 4.90 Å². The number of nitrogens with zero attached hydrogens (tertiary/aromatic N) is 1. The van der Waals surface area contributed by atoms with Crippen molar-refractivity contribution < 1.29 is 27.1 Å². The Balaban J connectivity index is 2.11. The van der Waals surface area contributed by atoms with Crippen molar-refractivity contribution in [1.82, 2.24) is 3.97 Å². The Kier molecular flexibility index (Phi) is 5.24. The summed E-state index contributed by atoms with van der Waals surface area (Å²) in [6, 6.07) is 17.4. The fraction of sp³-hybridized carbons (Fsp3) is 0.0870. The standard InChI is InChI=1S/C23H18FNO5S/c1-29-20-11-12-21(30-2)22-18(20)14-19(23(26)15-7-6-8-16(24)13-15)25(22)31(27,28)17-9-4-3-5-10-17/h3-14H,1-2H3. The third-order valence-corrected chi connectivity index (χ3v) is 6.61. The highest BCUT2D eigenvalue weighted by molar-refractivity contribution is 7.90. The molecule has 0 saturated heterocycles. The molecule has 1 aromatic heterocycles. The lowest BCUT2D eigenvalue weighted by Gasteiger charge is -2.14. The van der Waals surface area contributed by atoms with Crippen molar-refractivity contribution in [1.29, 1.82) is 0 Å². The van der Waals surface area contributed by atoms with Gasteiger partial charge in [-0.1, -0.05) is 30.3 Å². The van der Waals surface area contributed by atoms with Crippen molar-refractivity contribution in [3.05, 3.63) is 89.9 Å². The Labute approximate surface area is 178 Å². The van der Waals surface area contributed by atoms with Crippen molar-refractivity contribution in [2.75, 3.05) is 14.2 Å². The average molecular weight is 439 g/mol. The van der Waals surface area contributed by atoms with Crippen LogP contribution in [-0.4, -0.2) is 32.4 Å². The topological polar surface area (TPSA) is 74.6 Å². The molecule has 0 aliphatic rings. The van der Waals surface area contributed by atoms with Crippen LogP contribution in [0.4, 0.5) is 4.39 Å². The molecule has 0 spiro atoms. The van der Waals surface area contributed by atoms with Crippen molar-refractivity contribution in [2.24, 2.45) is 0 Å². The van der Waals surface area contributed by atoms with Gasteiger partial charge in [-0.15, -0.1) is 0 Å². The van der Waals surface area contributed by atoms with E-state index < -0.39 is 21.6 Å². The number of ether oxygens (including phenoxy) is 2. The Morgan fingerprint density at radius 1 is 0.871 bits per heavy atom. The van der Waals surface area contributed by atoms with Gasteiger partial charge >= 0.3 is 0 Å². The summed E-state index contributed by atoms with van der Waals surface area (Å²) in [6.45, 7) is 0. The molecule has 4 aromatic rings. The molecule has 0 unspecified atom stereocenters. The third kappa shape index (κ3) is 3.44. The van der Waals surface area contributed by atoms with Crippen LogP contribution >= 0.6 is 0 Å². The quantitative estimate of drug-likeness (QED) is 0.420. The molecule has 0 fully saturated rings. The van der Waals surface area contributed by atoms with E-state index in [1.54, 1.807) is 30.3 Å². The van der Waals surface area contributed by atoms with Crippen LogP contribution in [0.3, 0.4) is 0 Å². The molecular weight excluding hydrogens is 421 g/mol. The Hall–Kier alpha value is -3.65. The minimum absolute atomic E-state index is 0.00864. The summed E-state index contributed by atoms with van der Waals surface area (Å²) in [6.07, 6.45) is 0. The minimum atomic E-state index is -4.21. The molecule has 0 aliphatic carbocycles. The highest BCUT2D eigenvalue weighted by Crippen LogP contribution is 2.38. The number of halogens is 1. The van der Waals surface area contributed by atoms with E-state index >= 15 is 0 Å². The fourth-order valence-electron chi connectivity index (χ4n) is 3.46. The molecule has 0 saturated carbocycles. The highest BCUT2D eigenvalue weighted by atomic mass is 32.2. The van der Waals surface area contributed by atoms with E-state index in [-0.39, 0.29) is 27.4 Å². The first-order valence-corrected chi connectivity index (χ1v) is 10.7. The van der Waals surface area contributed by atoms with Gasteiger partial charge in [0.1, 0.15) is 28.5 Å². The number of rotatable bonds is 6. The predicted molar refractivity (Wildman–Crippen MR) is 114 cm³/mol. The second-order valence-electron chi connectivity index (χ2n) is 6.68. The zero-order chi connectivity index (χ0) is 22.2. The minimum Gasteiger partial charge on any atom is -0.496 e. The number of fused-ring (bicyclic) bond motifs is 1. The van der Waals surface area contributed by atoms with Gasteiger partial charge in [-0.05, 0) is 42.5 Å². The smallest absolute Gasteiger partial charge is 0.268 e. The molecule has 0 bridgehead atoms. The van der Waals surface area contributed by atoms with Gasteiger partial charge in [-0.2, -0.15) is 0 Å². The van der Waals surface area contributed by atoms with Crippen LogP contribution in [0.15, 0.2) is 77.7 Å². The Morgan fingerprint density at radius 3 is 2.19 bits per heavy atom. The second kappa shape index (κ2) is 7.88. The normalized spacial score (nSPS) is 11.5. The number of carbonyl (C=O) groups excluding carboxylic acids is 1. The van der Waals surface area contributed by atoms with E-state index in [2.05, 4.69) is 0 Å². The number of methoxy groups -OCH3 is 2. The molecule has 8 heteroatoms. The highest BCUT2D eigenvalue weighted by Gasteiger charge is 2.30. The molecule has 4 rings (SSSR count). The molecule has 1 heterocycles. The molecular formula is C23H18FNO5S. The molecule has 0 amide bonds. The predicted octanol–water partition coefficient (Wildman–Crippen LogP) is 4.27. The van der Waals surface area contributed by atoms with Crippen LogP contribution in [0.5, 0.6) is 11.5 Å². The molecule has 3 aromatic carbocycles. The molecule has 31 heavy (non-hydrogen) atoms. The van der Waals surface area contributed by atoms with Gasteiger partial charge in [0.05, 0.1) is 19.1 Å². The van der Waals surface area contributed by atoms with Gasteiger partial charge in [0.2, 0.25) is 5.78 Å². The van der Waals surface area contributed by atoms with Gasteiger partial charge in [0.15, 0.2) is 0 Å². The summed E-state index contributed by atoms with van der Waals surface area (Å²) in [4.78, 5) is 13.3. The summed E-state index contributed by atoms with van der Waals surface area (Å²) in [7, 11) is -1.36.